The molecule has 0 amide bonds. The fourth-order valence-electron chi connectivity index (χ4n) is 2.37. The van der Waals surface area contributed by atoms with E-state index in [2.05, 4.69) is 58.0 Å². The van der Waals surface area contributed by atoms with Crippen LogP contribution in [0.1, 0.15) is 52.5 Å². The van der Waals surface area contributed by atoms with Gasteiger partial charge in [-0.25, -0.2) is 0 Å². The lowest BCUT2D eigenvalue weighted by molar-refractivity contribution is -0.936. The van der Waals surface area contributed by atoms with Gasteiger partial charge in [-0.05, 0) is 33.7 Å². The van der Waals surface area contributed by atoms with Gasteiger partial charge in [0, 0.05) is 5.56 Å². The molecule has 1 rings (SSSR count). The molecule has 0 saturated heterocycles. The number of nitrogens with zero attached hydrogens (tertiary/aromatic N) is 1. The predicted molar refractivity (Wildman–Crippen MR) is 90.6 cm³/mol. The minimum atomic E-state index is 0. The van der Waals surface area contributed by atoms with Gasteiger partial charge < -0.3 is 22.6 Å². The van der Waals surface area contributed by atoms with E-state index in [9.17, 15) is 0 Å². The number of rotatable bonds is 8. The first-order valence-electron chi connectivity index (χ1n) is 8.27. The number of benzene rings is 1. The molecule has 124 valence electrons. The summed E-state index contributed by atoms with van der Waals surface area (Å²) in [6, 6.07) is 10.8. The minimum Gasteiger partial charge on any atom is -1.00 e. The molecule has 0 heterocycles. The van der Waals surface area contributed by atoms with Crippen molar-refractivity contribution in [3.63, 3.8) is 0 Å². The second-order valence-corrected chi connectivity index (χ2v) is 5.43. The second kappa shape index (κ2) is 14.4. The van der Waals surface area contributed by atoms with Gasteiger partial charge in [0.1, 0.15) is 6.54 Å². The van der Waals surface area contributed by atoms with E-state index in [0.717, 1.165) is 6.54 Å². The van der Waals surface area contributed by atoms with E-state index in [1.54, 1.807) is 0 Å². The van der Waals surface area contributed by atoms with Crippen LogP contribution in [0.4, 0.5) is 0 Å². The van der Waals surface area contributed by atoms with Crippen molar-refractivity contribution in [1.29, 1.82) is 0 Å². The normalized spacial score (nSPS) is 10.3. The first-order valence-corrected chi connectivity index (χ1v) is 8.27. The summed E-state index contributed by atoms with van der Waals surface area (Å²) in [5.41, 5.74) is 6.67. The van der Waals surface area contributed by atoms with Crippen molar-refractivity contribution < 1.29 is 16.9 Å². The highest BCUT2D eigenvalue weighted by Gasteiger charge is 2.20. The van der Waals surface area contributed by atoms with Crippen molar-refractivity contribution in [2.45, 2.75) is 53.5 Å². The Balaban J connectivity index is 0. The van der Waals surface area contributed by atoms with Crippen LogP contribution in [0.5, 0.6) is 0 Å². The SMILES string of the molecule is CCCCCN.CC[N+](CC)(CC)Cc1ccccc1.[Cl-]. The fourth-order valence-corrected chi connectivity index (χ4v) is 2.37. The molecular formula is C18H35ClN2. The third-order valence-electron chi connectivity index (χ3n) is 4.18. The maximum Gasteiger partial charge on any atom is 0.104 e. The highest BCUT2D eigenvalue weighted by Crippen LogP contribution is 2.13. The molecule has 0 aromatic heterocycles. The largest absolute Gasteiger partial charge is 1.00 e. The van der Waals surface area contributed by atoms with Crippen LogP contribution in [-0.2, 0) is 6.54 Å². The summed E-state index contributed by atoms with van der Waals surface area (Å²) in [5, 5.41) is 0. The predicted octanol–water partition coefficient (Wildman–Crippen LogP) is 1.20. The zero-order valence-corrected chi connectivity index (χ0v) is 15.2. The van der Waals surface area contributed by atoms with E-state index < -0.39 is 0 Å². The third kappa shape index (κ3) is 9.89. The minimum absolute atomic E-state index is 0. The lowest BCUT2D eigenvalue weighted by Gasteiger charge is -2.35. The summed E-state index contributed by atoms with van der Waals surface area (Å²) in [6.07, 6.45) is 3.75. The molecule has 2 nitrogen and oxygen atoms in total. The second-order valence-electron chi connectivity index (χ2n) is 5.43. The topological polar surface area (TPSA) is 26.0 Å². The Hall–Kier alpha value is -0.570. The summed E-state index contributed by atoms with van der Waals surface area (Å²) in [6.45, 7) is 14.7. The van der Waals surface area contributed by atoms with E-state index in [1.165, 1.54) is 55.5 Å². The quantitative estimate of drug-likeness (QED) is 0.566. The smallest absolute Gasteiger partial charge is 0.104 e. The van der Waals surface area contributed by atoms with Crippen LogP contribution in [-0.4, -0.2) is 30.7 Å². The first-order chi connectivity index (χ1) is 9.67. The van der Waals surface area contributed by atoms with Gasteiger partial charge in [0.15, 0.2) is 0 Å². The van der Waals surface area contributed by atoms with Crippen LogP contribution in [0.2, 0.25) is 0 Å². The third-order valence-corrected chi connectivity index (χ3v) is 4.18. The molecule has 0 aliphatic rings. The van der Waals surface area contributed by atoms with Crippen molar-refractivity contribution in [1.82, 2.24) is 0 Å². The summed E-state index contributed by atoms with van der Waals surface area (Å²) in [4.78, 5) is 0. The highest BCUT2D eigenvalue weighted by atomic mass is 35.5. The Kier molecular flexibility index (Phi) is 15.5. The van der Waals surface area contributed by atoms with Gasteiger partial charge in [0.05, 0.1) is 19.6 Å². The van der Waals surface area contributed by atoms with Gasteiger partial charge in [-0.1, -0.05) is 50.1 Å². The van der Waals surface area contributed by atoms with Gasteiger partial charge in [-0.2, -0.15) is 0 Å². The van der Waals surface area contributed by atoms with Gasteiger partial charge in [0.2, 0.25) is 0 Å². The Morgan fingerprint density at radius 3 is 1.71 bits per heavy atom. The van der Waals surface area contributed by atoms with Crippen LogP contribution < -0.4 is 18.1 Å². The lowest BCUT2D eigenvalue weighted by atomic mass is 10.2. The maximum atomic E-state index is 5.21. The Labute approximate surface area is 138 Å². The summed E-state index contributed by atoms with van der Waals surface area (Å²) < 4.78 is 1.20. The summed E-state index contributed by atoms with van der Waals surface area (Å²) in [5.74, 6) is 0. The molecule has 2 N–H and O–H groups in total. The van der Waals surface area contributed by atoms with Crippen molar-refractivity contribution in [2.24, 2.45) is 5.73 Å². The maximum absolute atomic E-state index is 5.21. The first kappa shape index (κ1) is 22.7. The van der Waals surface area contributed by atoms with Crippen molar-refractivity contribution in [2.75, 3.05) is 26.2 Å². The van der Waals surface area contributed by atoms with Crippen molar-refractivity contribution >= 4 is 0 Å². The van der Waals surface area contributed by atoms with E-state index in [0.29, 0.717) is 0 Å². The van der Waals surface area contributed by atoms with Gasteiger partial charge >= 0.3 is 0 Å². The van der Waals surface area contributed by atoms with Gasteiger partial charge in [-0.15, -0.1) is 0 Å². The number of hydrogen-bond donors (Lipinski definition) is 1. The monoisotopic (exact) mass is 314 g/mol. The number of halogens is 1. The standard InChI is InChI=1S/C13H22N.C5H13N.ClH/c1-4-14(5-2,6-3)12-13-10-8-7-9-11-13;1-2-3-4-5-6;/h7-11H,4-6,12H2,1-3H3;2-6H2,1H3;1H/q+1;;/p-1. The summed E-state index contributed by atoms with van der Waals surface area (Å²) in [7, 11) is 0. The van der Waals surface area contributed by atoms with E-state index in [4.69, 9.17) is 5.73 Å². The van der Waals surface area contributed by atoms with E-state index >= 15 is 0 Å². The van der Waals surface area contributed by atoms with Gasteiger partial charge in [0.25, 0.3) is 0 Å². The van der Waals surface area contributed by atoms with Crippen LogP contribution in [0.25, 0.3) is 0 Å². The van der Waals surface area contributed by atoms with Crippen LogP contribution in [0.3, 0.4) is 0 Å². The average molecular weight is 315 g/mol. The van der Waals surface area contributed by atoms with E-state index in [-0.39, 0.29) is 12.4 Å². The zero-order valence-electron chi connectivity index (χ0n) is 14.4. The number of unbranched alkanes of at least 4 members (excludes halogenated alkanes) is 2. The molecule has 0 aliphatic heterocycles. The van der Waals surface area contributed by atoms with Crippen molar-refractivity contribution in [3.05, 3.63) is 35.9 Å². The zero-order chi connectivity index (χ0) is 15.3. The molecule has 3 heteroatoms. The molecule has 0 aliphatic carbocycles. The lowest BCUT2D eigenvalue weighted by Crippen LogP contribution is -3.00. The number of nitrogens with two attached hydrogens (primary N) is 1. The molecule has 0 saturated carbocycles. The van der Waals surface area contributed by atoms with Crippen LogP contribution in [0.15, 0.2) is 30.3 Å². The van der Waals surface area contributed by atoms with Crippen LogP contribution in [0, 0.1) is 0 Å². The molecule has 1 aromatic carbocycles. The molecule has 0 radical (unpaired) electrons. The Morgan fingerprint density at radius 2 is 1.38 bits per heavy atom. The molecule has 0 bridgehead atoms. The Bertz CT molecular complexity index is 298. The molecule has 0 atom stereocenters. The molecule has 0 spiro atoms. The summed E-state index contributed by atoms with van der Waals surface area (Å²) >= 11 is 0. The molecule has 1 aromatic rings. The molecule has 0 unspecified atom stereocenters. The fraction of sp³-hybridized carbons (Fsp3) is 0.667. The van der Waals surface area contributed by atoms with E-state index in [1.807, 2.05) is 0 Å². The number of quaternary nitrogens is 1. The van der Waals surface area contributed by atoms with Crippen molar-refractivity contribution in [3.8, 4) is 0 Å². The van der Waals surface area contributed by atoms with Crippen LogP contribution >= 0.6 is 0 Å². The average Bonchev–Trinajstić information content (AvgIpc) is 2.52. The Morgan fingerprint density at radius 1 is 0.857 bits per heavy atom. The molecule has 0 fully saturated rings. The van der Waals surface area contributed by atoms with Gasteiger partial charge in [-0.3, -0.25) is 0 Å². The molecule has 21 heavy (non-hydrogen) atoms. The highest BCUT2D eigenvalue weighted by molar-refractivity contribution is 5.13. The molecular weight excluding hydrogens is 280 g/mol. The number of hydrogen-bond acceptors (Lipinski definition) is 1.